The summed E-state index contributed by atoms with van der Waals surface area (Å²) >= 11 is 0. The van der Waals surface area contributed by atoms with Gasteiger partial charge in [-0.2, -0.15) is 0 Å². The van der Waals surface area contributed by atoms with Crippen LogP contribution in [0.1, 0.15) is 52.8 Å². The highest BCUT2D eigenvalue weighted by Gasteiger charge is 2.20. The Morgan fingerprint density at radius 2 is 2.15 bits per heavy atom. The number of nitrogens with zero attached hydrogens (tertiary/aromatic N) is 2. The fourth-order valence-electron chi connectivity index (χ4n) is 2.10. The summed E-state index contributed by atoms with van der Waals surface area (Å²) in [4.78, 5) is 20.7. The molecule has 1 N–H and O–H groups in total. The molecule has 0 aromatic carbocycles. The van der Waals surface area contributed by atoms with Crippen molar-refractivity contribution in [3.8, 4) is 0 Å². The lowest BCUT2D eigenvalue weighted by Gasteiger charge is -2.16. The van der Waals surface area contributed by atoms with Gasteiger partial charge in [-0.15, -0.1) is 0 Å². The number of aromatic nitrogens is 2. The van der Waals surface area contributed by atoms with Crippen LogP contribution >= 0.6 is 0 Å². The summed E-state index contributed by atoms with van der Waals surface area (Å²) in [6, 6.07) is 3.78. The Balaban J connectivity index is 2.18. The number of oxazole rings is 1. The maximum Gasteiger partial charge on any atom is 0.289 e. The van der Waals surface area contributed by atoms with Crippen molar-refractivity contribution in [3.05, 3.63) is 46.9 Å². The van der Waals surface area contributed by atoms with Crippen molar-refractivity contribution < 1.29 is 9.21 Å². The van der Waals surface area contributed by atoms with Crippen LogP contribution in [0.2, 0.25) is 0 Å². The van der Waals surface area contributed by atoms with Gasteiger partial charge in [-0.25, -0.2) is 4.98 Å². The summed E-state index contributed by atoms with van der Waals surface area (Å²) in [5.41, 5.74) is 2.58. The lowest BCUT2D eigenvalue weighted by molar-refractivity contribution is 0.0904. The van der Waals surface area contributed by atoms with E-state index < -0.39 is 0 Å². The number of carbonyl (C=O) groups excluding carboxylic acids is 1. The minimum Gasteiger partial charge on any atom is -0.436 e. The first-order chi connectivity index (χ1) is 9.51. The van der Waals surface area contributed by atoms with Crippen molar-refractivity contribution in [2.45, 2.75) is 40.2 Å². The molecule has 0 bridgehead atoms. The average Bonchev–Trinajstić information content (AvgIpc) is 2.75. The smallest absolute Gasteiger partial charge is 0.289 e. The van der Waals surface area contributed by atoms with E-state index in [2.05, 4.69) is 15.3 Å². The largest absolute Gasteiger partial charge is 0.436 e. The van der Waals surface area contributed by atoms with Crippen LogP contribution < -0.4 is 5.32 Å². The zero-order chi connectivity index (χ0) is 14.7. The van der Waals surface area contributed by atoms with Gasteiger partial charge in [0.1, 0.15) is 0 Å². The fourth-order valence-corrected chi connectivity index (χ4v) is 2.10. The minimum atomic E-state index is -0.252. The molecule has 20 heavy (non-hydrogen) atoms. The summed E-state index contributed by atoms with van der Waals surface area (Å²) in [6.07, 6.45) is 2.51. The first-order valence-electron chi connectivity index (χ1n) is 6.68. The molecular weight excluding hydrogens is 254 g/mol. The molecule has 0 aliphatic rings. The number of aryl methyl sites for hydroxylation is 3. The van der Waals surface area contributed by atoms with Crippen molar-refractivity contribution in [2.24, 2.45) is 0 Å². The molecule has 5 nitrogen and oxygen atoms in total. The maximum absolute atomic E-state index is 12.2. The molecule has 0 saturated carbocycles. The van der Waals surface area contributed by atoms with Crippen LogP contribution in [0.3, 0.4) is 0 Å². The number of rotatable bonds is 4. The van der Waals surface area contributed by atoms with E-state index in [0.29, 0.717) is 11.6 Å². The molecule has 0 aliphatic carbocycles. The highest BCUT2D eigenvalue weighted by atomic mass is 16.4. The number of hydrogen-bond acceptors (Lipinski definition) is 4. The van der Waals surface area contributed by atoms with Gasteiger partial charge in [-0.1, -0.05) is 6.92 Å². The second-order valence-electron chi connectivity index (χ2n) is 4.84. The molecule has 2 aromatic heterocycles. The Morgan fingerprint density at radius 1 is 1.40 bits per heavy atom. The second-order valence-corrected chi connectivity index (χ2v) is 4.84. The number of hydrogen-bond donors (Lipinski definition) is 1. The molecule has 2 rings (SSSR count). The zero-order valence-corrected chi connectivity index (χ0v) is 12.2. The SMILES string of the molecule is CC[C@@H](NC(=O)c1oc(C)nc1C)c1cc(C)ccn1. The van der Waals surface area contributed by atoms with Crippen molar-refractivity contribution in [1.82, 2.24) is 15.3 Å². The van der Waals surface area contributed by atoms with E-state index >= 15 is 0 Å². The predicted molar refractivity (Wildman–Crippen MR) is 75.4 cm³/mol. The quantitative estimate of drug-likeness (QED) is 0.930. The first-order valence-corrected chi connectivity index (χ1v) is 6.68. The molecule has 0 spiro atoms. The van der Waals surface area contributed by atoms with E-state index in [4.69, 9.17) is 4.42 Å². The standard InChI is InChI=1S/C15H19N3O2/c1-5-12(13-8-9(2)6-7-16-13)18-15(19)14-10(3)17-11(4)20-14/h6-8,12H,5H2,1-4H3,(H,18,19)/t12-/m1/s1. The van der Waals surface area contributed by atoms with Crippen LogP contribution in [0.4, 0.5) is 0 Å². The minimum absolute atomic E-state index is 0.132. The lowest BCUT2D eigenvalue weighted by atomic mass is 10.1. The topological polar surface area (TPSA) is 68.0 Å². The molecule has 106 valence electrons. The lowest BCUT2D eigenvalue weighted by Crippen LogP contribution is -2.29. The average molecular weight is 273 g/mol. The van der Waals surface area contributed by atoms with Gasteiger partial charge in [0.2, 0.25) is 5.76 Å². The number of carbonyl (C=O) groups is 1. The van der Waals surface area contributed by atoms with Gasteiger partial charge >= 0.3 is 0 Å². The van der Waals surface area contributed by atoms with Gasteiger partial charge in [0.15, 0.2) is 5.89 Å². The van der Waals surface area contributed by atoms with E-state index in [1.165, 1.54) is 0 Å². The van der Waals surface area contributed by atoms with Crippen LogP contribution in [0, 0.1) is 20.8 Å². The van der Waals surface area contributed by atoms with Gasteiger partial charge in [-0.3, -0.25) is 9.78 Å². The molecule has 1 atom stereocenters. The third kappa shape index (κ3) is 3.04. The number of pyridine rings is 1. The normalized spacial score (nSPS) is 12.2. The Labute approximate surface area is 118 Å². The van der Waals surface area contributed by atoms with Gasteiger partial charge < -0.3 is 9.73 Å². The fraction of sp³-hybridized carbons (Fsp3) is 0.400. The second kappa shape index (κ2) is 5.86. The zero-order valence-electron chi connectivity index (χ0n) is 12.2. The third-order valence-corrected chi connectivity index (χ3v) is 3.12. The Hall–Kier alpha value is -2.17. The molecule has 0 fully saturated rings. The summed E-state index contributed by atoms with van der Waals surface area (Å²) in [5.74, 6) is 0.515. The Kier molecular flexibility index (Phi) is 4.17. The summed E-state index contributed by atoms with van der Waals surface area (Å²) < 4.78 is 5.34. The van der Waals surface area contributed by atoms with Crippen molar-refractivity contribution in [3.63, 3.8) is 0 Å². The molecule has 2 heterocycles. The summed E-state index contributed by atoms with van der Waals surface area (Å²) in [6.45, 7) is 7.50. The van der Waals surface area contributed by atoms with Gasteiger partial charge in [-0.05, 0) is 38.0 Å². The first kappa shape index (κ1) is 14.2. The highest BCUT2D eigenvalue weighted by Crippen LogP contribution is 2.17. The highest BCUT2D eigenvalue weighted by molar-refractivity contribution is 5.92. The van der Waals surface area contributed by atoms with E-state index in [9.17, 15) is 4.79 Å². The van der Waals surface area contributed by atoms with E-state index in [0.717, 1.165) is 17.7 Å². The summed E-state index contributed by atoms with van der Waals surface area (Å²) in [7, 11) is 0. The van der Waals surface area contributed by atoms with Crippen LogP contribution in [0.5, 0.6) is 0 Å². The Bertz CT molecular complexity index is 619. The molecule has 0 saturated heterocycles. The van der Waals surface area contributed by atoms with Gasteiger partial charge in [0.05, 0.1) is 17.4 Å². The van der Waals surface area contributed by atoms with Crippen LogP contribution in [-0.4, -0.2) is 15.9 Å². The monoisotopic (exact) mass is 273 g/mol. The van der Waals surface area contributed by atoms with Crippen molar-refractivity contribution >= 4 is 5.91 Å². The Morgan fingerprint density at radius 3 is 2.70 bits per heavy atom. The van der Waals surface area contributed by atoms with Crippen molar-refractivity contribution in [2.75, 3.05) is 0 Å². The van der Waals surface area contributed by atoms with Crippen LogP contribution in [-0.2, 0) is 0 Å². The van der Waals surface area contributed by atoms with Crippen molar-refractivity contribution in [1.29, 1.82) is 0 Å². The molecular formula is C15H19N3O2. The van der Waals surface area contributed by atoms with E-state index in [1.807, 2.05) is 26.0 Å². The maximum atomic E-state index is 12.2. The van der Waals surface area contributed by atoms with Crippen LogP contribution in [0.15, 0.2) is 22.7 Å². The molecule has 0 radical (unpaired) electrons. The summed E-state index contributed by atoms with van der Waals surface area (Å²) in [5, 5.41) is 2.95. The molecule has 0 unspecified atom stereocenters. The molecule has 0 aliphatic heterocycles. The van der Waals surface area contributed by atoms with Crippen LogP contribution in [0.25, 0.3) is 0 Å². The third-order valence-electron chi connectivity index (χ3n) is 3.12. The molecule has 2 aromatic rings. The predicted octanol–water partition coefficient (Wildman–Crippen LogP) is 2.88. The van der Waals surface area contributed by atoms with E-state index in [1.54, 1.807) is 20.0 Å². The number of nitrogens with one attached hydrogen (secondary N) is 1. The number of amides is 1. The van der Waals surface area contributed by atoms with Gasteiger partial charge in [0, 0.05) is 13.1 Å². The molecule has 1 amide bonds. The van der Waals surface area contributed by atoms with E-state index in [-0.39, 0.29) is 17.7 Å². The molecule has 5 heteroatoms. The van der Waals surface area contributed by atoms with Gasteiger partial charge in [0.25, 0.3) is 5.91 Å².